The second-order valence-electron chi connectivity index (χ2n) is 23.2. The Hall–Kier alpha value is -2.93. The lowest BCUT2D eigenvalue weighted by molar-refractivity contribution is -0.225. The fourth-order valence-electron chi connectivity index (χ4n) is 12.7. The monoisotopic (exact) mass is 872 g/mol. The number of aliphatic hydroxyl groups is 1. The first-order valence-corrected chi connectivity index (χ1v) is 24.1. The van der Waals surface area contributed by atoms with Crippen LogP contribution >= 0.6 is 0 Å². The lowest BCUT2D eigenvalue weighted by Gasteiger charge is -2.59. The number of ether oxygens (including phenoxy) is 6. The van der Waals surface area contributed by atoms with Gasteiger partial charge in [-0.25, -0.2) is 4.79 Å². The van der Waals surface area contributed by atoms with Crippen LogP contribution in [0.3, 0.4) is 0 Å². The van der Waals surface area contributed by atoms with E-state index in [1.165, 1.54) is 38.5 Å². The maximum Gasteiger partial charge on any atom is 0.407 e. The minimum absolute atomic E-state index is 0.0185. The van der Waals surface area contributed by atoms with E-state index in [4.69, 9.17) is 28.4 Å². The summed E-state index contributed by atoms with van der Waals surface area (Å²) in [6.45, 7) is 20.0. The van der Waals surface area contributed by atoms with E-state index >= 15 is 0 Å². The van der Waals surface area contributed by atoms with Crippen molar-refractivity contribution in [1.82, 2.24) is 5.32 Å². The van der Waals surface area contributed by atoms with Crippen molar-refractivity contribution in [2.45, 2.75) is 207 Å². The van der Waals surface area contributed by atoms with Gasteiger partial charge in [0.05, 0.1) is 40.4 Å². The molecule has 0 aromatic rings. The average molecular weight is 872 g/mol. The number of amides is 1. The molecule has 11 fully saturated rings. The highest BCUT2D eigenvalue weighted by molar-refractivity contribution is 5.78. The molecule has 0 spiro atoms. The Morgan fingerprint density at radius 2 is 1.23 bits per heavy atom. The zero-order valence-electron chi connectivity index (χ0n) is 39.3. The fraction of sp³-hybridized carbons (Fsp3) is 0.898. The van der Waals surface area contributed by atoms with Gasteiger partial charge in [-0.15, -0.1) is 0 Å². The second-order valence-corrected chi connectivity index (χ2v) is 23.2. The van der Waals surface area contributed by atoms with Crippen molar-refractivity contribution in [2.24, 2.45) is 57.7 Å². The summed E-state index contributed by atoms with van der Waals surface area (Å²) >= 11 is 0. The van der Waals surface area contributed by atoms with E-state index < -0.39 is 34.7 Å². The van der Waals surface area contributed by atoms with Crippen LogP contribution in [0.15, 0.2) is 0 Å². The highest BCUT2D eigenvalue weighted by Crippen LogP contribution is 2.61. The Balaban J connectivity index is 0.000000141. The number of rotatable bonds is 12. The Labute approximate surface area is 369 Å². The Morgan fingerprint density at radius 1 is 0.710 bits per heavy atom. The maximum atomic E-state index is 12.5. The molecular weight excluding hydrogens is 795 g/mol. The van der Waals surface area contributed by atoms with Gasteiger partial charge in [0.2, 0.25) is 0 Å². The van der Waals surface area contributed by atoms with Crippen LogP contribution in [0.2, 0.25) is 0 Å². The summed E-state index contributed by atoms with van der Waals surface area (Å²) in [4.78, 5) is 60.1. The first-order chi connectivity index (χ1) is 28.9. The molecule has 2 N–H and O–H groups in total. The van der Waals surface area contributed by atoms with Crippen molar-refractivity contribution in [3.63, 3.8) is 0 Å². The number of nitrogens with one attached hydrogen (secondary N) is 1. The van der Waals surface area contributed by atoms with Crippen LogP contribution in [0.5, 0.6) is 0 Å². The first kappa shape index (κ1) is 47.0. The summed E-state index contributed by atoms with van der Waals surface area (Å²) in [7, 11) is 0. The second kappa shape index (κ2) is 17.1. The Bertz CT molecular complexity index is 1680. The fourth-order valence-corrected chi connectivity index (χ4v) is 12.7. The largest absolute Gasteiger partial charge is 0.463 e. The van der Waals surface area contributed by atoms with Crippen LogP contribution < -0.4 is 5.32 Å². The first-order valence-electron chi connectivity index (χ1n) is 24.1. The molecule has 62 heavy (non-hydrogen) atoms. The number of fused-ring (bicyclic) bond motifs is 1. The number of carbonyl (C=O) groups is 5. The SMILES string of the molecule is CCC(C)(C)C(=O)OC1(C)C2CC3CC(C2)CC1C3.CCC(C)(C)C(=O)OC12CC3CC(CC(O)(C3)C1)C2.CCC(C)(C)C(=O)OCCNC(=O)OC1C2CC3C(=O)OC1C3O2. The van der Waals surface area contributed by atoms with Crippen LogP contribution in [-0.4, -0.2) is 89.4 Å². The van der Waals surface area contributed by atoms with Gasteiger partial charge in [-0.2, -0.15) is 0 Å². The molecular formula is C49H77NO12. The van der Waals surface area contributed by atoms with Crippen molar-refractivity contribution in [3.8, 4) is 0 Å². The Kier molecular flexibility index (Phi) is 13.0. The third-order valence-corrected chi connectivity index (χ3v) is 17.3. The normalized spacial score (nSPS) is 40.1. The van der Waals surface area contributed by atoms with Gasteiger partial charge in [0.25, 0.3) is 0 Å². The van der Waals surface area contributed by atoms with E-state index in [0.717, 1.165) is 50.4 Å². The highest BCUT2D eigenvalue weighted by atomic mass is 16.7. The molecule has 13 heteroatoms. The Morgan fingerprint density at radius 3 is 1.76 bits per heavy atom. The number of hydrogen-bond acceptors (Lipinski definition) is 12. The zero-order chi connectivity index (χ0) is 45.2. The van der Waals surface area contributed by atoms with Crippen molar-refractivity contribution >= 4 is 30.0 Å². The van der Waals surface area contributed by atoms with Crippen molar-refractivity contribution < 1.29 is 57.5 Å². The molecule has 3 heterocycles. The van der Waals surface area contributed by atoms with Gasteiger partial charge >= 0.3 is 30.0 Å². The quantitative estimate of drug-likeness (QED) is 0.110. The summed E-state index contributed by atoms with van der Waals surface area (Å²) in [6.07, 6.45) is 12.8. The molecule has 3 saturated heterocycles. The van der Waals surface area contributed by atoms with Gasteiger partial charge in [-0.1, -0.05) is 20.8 Å². The van der Waals surface area contributed by atoms with E-state index in [1.54, 1.807) is 0 Å². The summed E-state index contributed by atoms with van der Waals surface area (Å²) in [5.41, 5.74) is -2.37. The van der Waals surface area contributed by atoms with Crippen molar-refractivity contribution in [3.05, 3.63) is 0 Å². The molecule has 0 aromatic heterocycles. The van der Waals surface area contributed by atoms with Crippen molar-refractivity contribution in [2.75, 3.05) is 13.2 Å². The minimum atomic E-state index is -0.638. The van der Waals surface area contributed by atoms with E-state index in [-0.39, 0.29) is 71.8 Å². The molecule has 7 atom stereocenters. The third kappa shape index (κ3) is 9.28. The molecule has 11 rings (SSSR count). The zero-order valence-corrected chi connectivity index (χ0v) is 39.3. The highest BCUT2D eigenvalue weighted by Gasteiger charge is 2.65. The van der Waals surface area contributed by atoms with Crippen LogP contribution in [0.4, 0.5) is 4.79 Å². The summed E-state index contributed by atoms with van der Waals surface area (Å²) in [6, 6.07) is 0. The van der Waals surface area contributed by atoms with Crippen LogP contribution in [-0.2, 0) is 47.6 Å². The molecule has 3 aliphatic heterocycles. The average Bonchev–Trinajstić information content (AvgIpc) is 3.83. The van der Waals surface area contributed by atoms with Gasteiger partial charge in [0.15, 0.2) is 12.2 Å². The van der Waals surface area contributed by atoms with E-state index in [2.05, 4.69) is 19.2 Å². The molecule has 350 valence electrons. The van der Waals surface area contributed by atoms with Gasteiger partial charge in [-0.3, -0.25) is 19.2 Å². The maximum absolute atomic E-state index is 12.5. The third-order valence-electron chi connectivity index (χ3n) is 17.3. The van der Waals surface area contributed by atoms with Crippen molar-refractivity contribution in [1.29, 1.82) is 0 Å². The van der Waals surface area contributed by atoms with Crippen LogP contribution in [0.1, 0.15) is 166 Å². The lowest BCUT2D eigenvalue weighted by Crippen LogP contribution is -2.61. The number of carbonyl (C=O) groups excluding carboxylic acids is 5. The molecule has 0 radical (unpaired) electrons. The van der Waals surface area contributed by atoms with E-state index in [1.807, 2.05) is 55.4 Å². The molecule has 8 saturated carbocycles. The lowest BCUT2D eigenvalue weighted by atomic mass is 9.50. The standard InChI is InChI=1S/C17H28O2.C16H23NO7.C16H26O3/c1-5-16(2,3)15(18)19-17(4)13-7-11-6-12(9-13)10-14(17)8-11;1-4-16(2,3)14(19)21-6-5-17-15(20)24-11-9-7-8-10(22-9)12(11)23-13(8)18;1-4-14(2,3)13(17)19-16-8-11-5-12(9-16)7-15(18,6-11)10-16/h11-14H,5-10H2,1-4H3;8-12H,4-7H2,1-3H3,(H,17,20);11-12,18H,4-10H2,1-3H3. The molecule has 8 aliphatic carbocycles. The predicted octanol–water partition coefficient (Wildman–Crippen LogP) is 8.00. The number of hydrogen-bond donors (Lipinski definition) is 2. The van der Waals surface area contributed by atoms with Crippen LogP contribution in [0.25, 0.3) is 0 Å². The summed E-state index contributed by atoms with van der Waals surface area (Å²) in [5, 5.41) is 13.2. The van der Waals surface area contributed by atoms with Gasteiger partial charge in [0.1, 0.15) is 23.9 Å². The number of alkyl carbamates (subject to hydrolysis) is 1. The number of esters is 4. The van der Waals surface area contributed by atoms with Gasteiger partial charge in [0, 0.05) is 6.42 Å². The summed E-state index contributed by atoms with van der Waals surface area (Å²) in [5.74, 6) is 3.36. The van der Waals surface area contributed by atoms with Gasteiger partial charge < -0.3 is 38.8 Å². The predicted molar refractivity (Wildman–Crippen MR) is 228 cm³/mol. The molecule has 7 unspecified atom stereocenters. The summed E-state index contributed by atoms with van der Waals surface area (Å²) < 4.78 is 33.4. The van der Waals surface area contributed by atoms with E-state index in [9.17, 15) is 29.1 Å². The topological polar surface area (TPSA) is 173 Å². The van der Waals surface area contributed by atoms with E-state index in [0.29, 0.717) is 42.9 Å². The minimum Gasteiger partial charge on any atom is -0.463 e. The molecule has 10 bridgehead atoms. The molecule has 0 aromatic carbocycles. The van der Waals surface area contributed by atoms with Crippen LogP contribution in [0, 0.1) is 57.7 Å². The smallest absolute Gasteiger partial charge is 0.407 e. The molecule has 1 amide bonds. The van der Waals surface area contributed by atoms with Gasteiger partial charge in [-0.05, 0) is 174 Å². The molecule has 11 aliphatic rings. The molecule has 13 nitrogen and oxygen atoms in total.